The van der Waals surface area contributed by atoms with E-state index in [1.807, 2.05) is 0 Å². The van der Waals surface area contributed by atoms with Gasteiger partial charge in [-0.25, -0.2) is 0 Å². The second kappa shape index (κ2) is 4.40. The maximum atomic E-state index is 3.56. The summed E-state index contributed by atoms with van der Waals surface area (Å²) >= 11 is 0. The van der Waals surface area contributed by atoms with Gasteiger partial charge >= 0.3 is 0 Å². The van der Waals surface area contributed by atoms with Crippen molar-refractivity contribution in [3.63, 3.8) is 0 Å². The number of aryl methyl sites for hydroxylation is 1. The van der Waals surface area contributed by atoms with E-state index in [4.69, 9.17) is 0 Å². The molecule has 0 radical (unpaired) electrons. The topological polar surface area (TPSA) is 17.0 Å². The Bertz CT molecular complexity index is 335. The zero-order chi connectivity index (χ0) is 10.8. The maximum Gasteiger partial charge on any atom is 0.0223 e. The monoisotopic (exact) mass is 206 g/mol. The summed E-state index contributed by atoms with van der Waals surface area (Å²) in [7, 11) is 0. The van der Waals surface area contributed by atoms with E-state index in [1.165, 1.54) is 36.3 Å². The third kappa shape index (κ3) is 2.43. The van der Waals surface area contributed by atoms with Crippen LogP contribution >= 0.6 is 0 Å². The van der Waals surface area contributed by atoms with Crippen molar-refractivity contribution in [1.82, 2.24) is 9.88 Å². The second-order valence-electron chi connectivity index (χ2n) is 4.71. The molecule has 0 spiro atoms. The molecule has 1 aliphatic carbocycles. The molecule has 0 aromatic carbocycles. The number of rotatable bonds is 5. The lowest BCUT2D eigenvalue weighted by molar-refractivity contribution is 0.632. The van der Waals surface area contributed by atoms with Gasteiger partial charge in [0, 0.05) is 24.5 Å². The van der Waals surface area contributed by atoms with Crippen LogP contribution in [0, 0.1) is 19.8 Å². The summed E-state index contributed by atoms with van der Waals surface area (Å²) in [5, 5.41) is 3.56. The highest BCUT2D eigenvalue weighted by Crippen LogP contribution is 2.27. The lowest BCUT2D eigenvalue weighted by atomic mass is 10.2. The highest BCUT2D eigenvalue weighted by atomic mass is 15.0. The van der Waals surface area contributed by atoms with E-state index < -0.39 is 0 Å². The van der Waals surface area contributed by atoms with Gasteiger partial charge in [-0.1, -0.05) is 0 Å². The molecule has 2 rings (SSSR count). The van der Waals surface area contributed by atoms with Crippen LogP contribution in [0.5, 0.6) is 0 Å². The fraction of sp³-hybridized carbons (Fsp3) is 0.692. The Kier molecular flexibility index (Phi) is 3.15. The molecule has 1 aliphatic rings. The van der Waals surface area contributed by atoms with E-state index in [2.05, 4.69) is 36.7 Å². The largest absolute Gasteiger partial charge is 0.349 e. The van der Waals surface area contributed by atoms with Gasteiger partial charge in [0.2, 0.25) is 0 Å². The van der Waals surface area contributed by atoms with Crippen molar-refractivity contribution < 1.29 is 0 Å². The third-order valence-corrected chi connectivity index (χ3v) is 3.44. The van der Waals surface area contributed by atoms with Gasteiger partial charge in [0.25, 0.3) is 0 Å². The molecule has 0 amide bonds. The van der Waals surface area contributed by atoms with Gasteiger partial charge in [-0.3, -0.25) is 0 Å². The first-order valence-corrected chi connectivity index (χ1v) is 6.08. The number of hydrogen-bond acceptors (Lipinski definition) is 1. The molecule has 1 heterocycles. The van der Waals surface area contributed by atoms with Gasteiger partial charge in [0.15, 0.2) is 0 Å². The molecular weight excluding hydrogens is 184 g/mol. The fourth-order valence-electron chi connectivity index (χ4n) is 2.27. The number of aromatic nitrogens is 1. The predicted molar refractivity (Wildman–Crippen MR) is 64.0 cm³/mol. The summed E-state index contributed by atoms with van der Waals surface area (Å²) in [4.78, 5) is 0. The quantitative estimate of drug-likeness (QED) is 0.783. The summed E-state index contributed by atoms with van der Waals surface area (Å²) in [6.45, 7) is 9.96. The highest BCUT2D eigenvalue weighted by molar-refractivity contribution is 5.26. The van der Waals surface area contributed by atoms with Crippen LogP contribution in [0.15, 0.2) is 6.07 Å². The van der Waals surface area contributed by atoms with E-state index in [0.717, 1.165) is 19.0 Å². The molecule has 1 N–H and O–H groups in total. The standard InChI is InChI=1S/C13H22N2/c1-4-15-10(2)7-13(11(15)3)9-14-8-12-5-6-12/h7,12,14H,4-6,8-9H2,1-3H3. The molecule has 0 atom stereocenters. The first-order chi connectivity index (χ1) is 7.22. The minimum absolute atomic E-state index is 0.972. The van der Waals surface area contributed by atoms with Crippen molar-refractivity contribution in [1.29, 1.82) is 0 Å². The molecular formula is C13H22N2. The average Bonchev–Trinajstić information content (AvgIpc) is 2.96. The molecule has 2 heteroatoms. The van der Waals surface area contributed by atoms with Gasteiger partial charge in [-0.2, -0.15) is 0 Å². The van der Waals surface area contributed by atoms with Crippen molar-refractivity contribution >= 4 is 0 Å². The second-order valence-corrected chi connectivity index (χ2v) is 4.71. The molecule has 84 valence electrons. The average molecular weight is 206 g/mol. The van der Waals surface area contributed by atoms with Crippen LogP contribution in [-0.2, 0) is 13.1 Å². The number of nitrogens with one attached hydrogen (secondary N) is 1. The van der Waals surface area contributed by atoms with Crippen molar-refractivity contribution in [2.75, 3.05) is 6.54 Å². The number of nitrogens with zero attached hydrogens (tertiary/aromatic N) is 1. The van der Waals surface area contributed by atoms with Crippen LogP contribution in [0.25, 0.3) is 0 Å². The molecule has 2 nitrogen and oxygen atoms in total. The van der Waals surface area contributed by atoms with Crippen LogP contribution in [0.1, 0.15) is 36.7 Å². The van der Waals surface area contributed by atoms with E-state index in [-0.39, 0.29) is 0 Å². The molecule has 1 fully saturated rings. The molecule has 0 bridgehead atoms. The van der Waals surface area contributed by atoms with Gasteiger partial charge < -0.3 is 9.88 Å². The summed E-state index contributed by atoms with van der Waals surface area (Å²) in [6, 6.07) is 2.32. The smallest absolute Gasteiger partial charge is 0.0223 e. The Labute approximate surface area is 92.7 Å². The predicted octanol–water partition coefficient (Wildman–Crippen LogP) is 2.62. The minimum Gasteiger partial charge on any atom is -0.349 e. The van der Waals surface area contributed by atoms with Gasteiger partial charge in [0.05, 0.1) is 0 Å². The van der Waals surface area contributed by atoms with E-state index in [0.29, 0.717) is 0 Å². The van der Waals surface area contributed by atoms with Crippen molar-refractivity contribution in [3.8, 4) is 0 Å². The van der Waals surface area contributed by atoms with Gasteiger partial charge in [-0.15, -0.1) is 0 Å². The third-order valence-electron chi connectivity index (χ3n) is 3.44. The van der Waals surface area contributed by atoms with Crippen LogP contribution in [-0.4, -0.2) is 11.1 Å². The summed E-state index contributed by atoms with van der Waals surface area (Å²) in [5.74, 6) is 0.972. The molecule has 1 aromatic rings. The first kappa shape index (κ1) is 10.7. The molecule has 0 aliphatic heterocycles. The zero-order valence-electron chi connectivity index (χ0n) is 10.1. The van der Waals surface area contributed by atoms with E-state index >= 15 is 0 Å². The minimum atomic E-state index is 0.972. The normalized spacial score (nSPS) is 15.9. The molecule has 0 saturated heterocycles. The van der Waals surface area contributed by atoms with Crippen molar-refractivity contribution in [2.45, 2.75) is 46.7 Å². The first-order valence-electron chi connectivity index (χ1n) is 6.08. The Morgan fingerprint density at radius 2 is 2.13 bits per heavy atom. The zero-order valence-corrected chi connectivity index (χ0v) is 10.1. The Balaban J connectivity index is 1.94. The van der Waals surface area contributed by atoms with Crippen molar-refractivity contribution in [2.24, 2.45) is 5.92 Å². The lowest BCUT2D eigenvalue weighted by Crippen LogP contribution is -2.16. The van der Waals surface area contributed by atoms with Gasteiger partial charge in [-0.05, 0) is 57.7 Å². The van der Waals surface area contributed by atoms with Crippen LogP contribution in [0.2, 0.25) is 0 Å². The SMILES string of the molecule is CCn1c(C)cc(CNCC2CC2)c1C. The summed E-state index contributed by atoms with van der Waals surface area (Å²) in [5.41, 5.74) is 4.28. The van der Waals surface area contributed by atoms with Crippen molar-refractivity contribution in [3.05, 3.63) is 23.0 Å². The van der Waals surface area contributed by atoms with Crippen LogP contribution < -0.4 is 5.32 Å². The van der Waals surface area contributed by atoms with E-state index in [1.54, 1.807) is 0 Å². The Morgan fingerprint density at radius 3 is 2.67 bits per heavy atom. The lowest BCUT2D eigenvalue weighted by Gasteiger charge is -2.06. The summed E-state index contributed by atoms with van der Waals surface area (Å²) in [6.07, 6.45) is 2.86. The molecule has 0 unspecified atom stereocenters. The fourth-order valence-corrected chi connectivity index (χ4v) is 2.27. The van der Waals surface area contributed by atoms with Crippen LogP contribution in [0.4, 0.5) is 0 Å². The maximum absolute atomic E-state index is 3.56. The Morgan fingerprint density at radius 1 is 1.40 bits per heavy atom. The highest BCUT2D eigenvalue weighted by Gasteiger charge is 2.20. The molecule has 1 aromatic heterocycles. The molecule has 1 saturated carbocycles. The van der Waals surface area contributed by atoms with Crippen LogP contribution in [0.3, 0.4) is 0 Å². The Hall–Kier alpha value is -0.760. The van der Waals surface area contributed by atoms with E-state index in [9.17, 15) is 0 Å². The molecule has 15 heavy (non-hydrogen) atoms. The number of hydrogen-bond donors (Lipinski definition) is 1. The summed E-state index contributed by atoms with van der Waals surface area (Å²) < 4.78 is 2.38. The van der Waals surface area contributed by atoms with Gasteiger partial charge in [0.1, 0.15) is 0 Å².